The van der Waals surface area contributed by atoms with Crippen LogP contribution in [0.5, 0.6) is 0 Å². The monoisotopic (exact) mass is 294 g/mol. The van der Waals surface area contributed by atoms with E-state index in [1.165, 1.54) is 25.7 Å². The van der Waals surface area contributed by atoms with Gasteiger partial charge in [0.1, 0.15) is 0 Å². The van der Waals surface area contributed by atoms with Crippen LogP contribution in [0.15, 0.2) is 0 Å². The van der Waals surface area contributed by atoms with Crippen molar-refractivity contribution in [3.05, 3.63) is 0 Å². The third-order valence-corrected chi connectivity index (χ3v) is 5.50. The van der Waals surface area contributed by atoms with E-state index in [1.54, 1.807) is 0 Å². The highest BCUT2D eigenvalue weighted by Crippen LogP contribution is 2.35. The number of carbonyl (C=O) groups is 1. The summed E-state index contributed by atoms with van der Waals surface area (Å²) in [6.07, 6.45) is 10.9. The molecule has 1 aliphatic carbocycles. The van der Waals surface area contributed by atoms with Crippen LogP contribution in [0.2, 0.25) is 0 Å². The normalized spacial score (nSPS) is 32.2. The summed E-state index contributed by atoms with van der Waals surface area (Å²) in [5.41, 5.74) is 0. The van der Waals surface area contributed by atoms with Gasteiger partial charge in [0.2, 0.25) is 5.91 Å². The smallest absolute Gasteiger partial charge is 0.241 e. The minimum absolute atomic E-state index is 0.0680. The molecule has 1 N–H and O–H groups in total. The van der Waals surface area contributed by atoms with E-state index in [1.807, 2.05) is 0 Å². The average Bonchev–Trinajstić information content (AvgIpc) is 3.14. The van der Waals surface area contributed by atoms with Crippen LogP contribution in [0.4, 0.5) is 0 Å². The topological polar surface area (TPSA) is 41.6 Å². The maximum Gasteiger partial charge on any atom is 0.241 e. The zero-order valence-electron chi connectivity index (χ0n) is 13.4. The Balaban J connectivity index is 1.72. The van der Waals surface area contributed by atoms with Crippen LogP contribution in [0.3, 0.4) is 0 Å². The second kappa shape index (κ2) is 7.10. The van der Waals surface area contributed by atoms with Gasteiger partial charge >= 0.3 is 0 Å². The predicted molar refractivity (Wildman–Crippen MR) is 82.9 cm³/mol. The molecule has 2 heterocycles. The first-order valence-corrected chi connectivity index (χ1v) is 8.97. The molecule has 2 aliphatic heterocycles. The largest absolute Gasteiger partial charge is 0.381 e. The van der Waals surface area contributed by atoms with Crippen LogP contribution in [0.1, 0.15) is 64.7 Å². The van der Waals surface area contributed by atoms with Crippen LogP contribution < -0.4 is 5.32 Å². The lowest BCUT2D eigenvalue weighted by atomic mass is 10.00. The molecule has 4 heteroatoms. The molecule has 2 saturated heterocycles. The molecule has 4 nitrogen and oxygen atoms in total. The number of carbonyl (C=O) groups excluding carboxylic acids is 1. The Kier molecular flexibility index (Phi) is 5.17. The first-order chi connectivity index (χ1) is 10.3. The van der Waals surface area contributed by atoms with E-state index in [-0.39, 0.29) is 6.04 Å². The molecule has 0 aromatic carbocycles. The van der Waals surface area contributed by atoms with E-state index >= 15 is 0 Å². The zero-order valence-corrected chi connectivity index (χ0v) is 13.4. The molecule has 1 saturated carbocycles. The quantitative estimate of drug-likeness (QED) is 0.847. The highest BCUT2D eigenvalue weighted by Gasteiger charge is 2.45. The summed E-state index contributed by atoms with van der Waals surface area (Å²) < 4.78 is 5.49. The number of hydrogen-bond donors (Lipinski definition) is 1. The van der Waals surface area contributed by atoms with Crippen LogP contribution >= 0.6 is 0 Å². The van der Waals surface area contributed by atoms with E-state index in [2.05, 4.69) is 17.1 Å². The summed E-state index contributed by atoms with van der Waals surface area (Å²) in [4.78, 5) is 15.1. The molecule has 0 spiro atoms. The first-order valence-electron chi connectivity index (χ1n) is 8.97. The van der Waals surface area contributed by atoms with Crippen molar-refractivity contribution in [2.75, 3.05) is 13.2 Å². The van der Waals surface area contributed by atoms with Gasteiger partial charge in [0.05, 0.1) is 12.2 Å². The number of hydrogen-bond acceptors (Lipinski definition) is 3. The van der Waals surface area contributed by atoms with E-state index in [0.29, 0.717) is 24.0 Å². The fourth-order valence-electron chi connectivity index (χ4n) is 4.30. The minimum atomic E-state index is 0.0680. The molecule has 1 amide bonds. The summed E-state index contributed by atoms with van der Waals surface area (Å²) in [7, 11) is 0. The van der Waals surface area contributed by atoms with Gasteiger partial charge in [-0.2, -0.15) is 0 Å². The highest BCUT2D eigenvalue weighted by atomic mass is 16.5. The first kappa shape index (κ1) is 15.3. The standard InChI is InChI=1S/C17H30N2O2/c1-2-3-8-15-17(20)19(14-9-11-21-12-10-14)16(18-15)13-6-4-5-7-13/h13-16,18H,2-12H2,1H3. The minimum Gasteiger partial charge on any atom is -0.381 e. The molecule has 0 aromatic heterocycles. The highest BCUT2D eigenvalue weighted by molar-refractivity contribution is 5.84. The average molecular weight is 294 g/mol. The van der Waals surface area contributed by atoms with Gasteiger partial charge in [-0.3, -0.25) is 10.1 Å². The molecule has 0 bridgehead atoms. The van der Waals surface area contributed by atoms with Crippen molar-refractivity contribution in [1.29, 1.82) is 0 Å². The van der Waals surface area contributed by atoms with E-state index in [0.717, 1.165) is 45.3 Å². The Morgan fingerprint density at radius 2 is 1.90 bits per heavy atom. The fraction of sp³-hybridized carbons (Fsp3) is 0.941. The second-order valence-electron chi connectivity index (χ2n) is 6.94. The Labute approximate surface area is 128 Å². The molecule has 2 unspecified atom stereocenters. The van der Waals surface area contributed by atoms with Gasteiger partial charge in [0.25, 0.3) is 0 Å². The van der Waals surface area contributed by atoms with Crippen LogP contribution in [0, 0.1) is 5.92 Å². The predicted octanol–water partition coefficient (Wildman–Crippen LogP) is 2.67. The Morgan fingerprint density at radius 3 is 2.57 bits per heavy atom. The van der Waals surface area contributed by atoms with Crippen molar-refractivity contribution in [1.82, 2.24) is 10.2 Å². The lowest BCUT2D eigenvalue weighted by molar-refractivity contribution is -0.135. The molecule has 120 valence electrons. The summed E-state index contributed by atoms with van der Waals surface area (Å²) >= 11 is 0. The number of nitrogens with zero attached hydrogens (tertiary/aromatic N) is 1. The van der Waals surface area contributed by atoms with Gasteiger partial charge in [-0.25, -0.2) is 0 Å². The van der Waals surface area contributed by atoms with E-state index < -0.39 is 0 Å². The lowest BCUT2D eigenvalue weighted by Crippen LogP contribution is -2.49. The van der Waals surface area contributed by atoms with Crippen molar-refractivity contribution in [2.45, 2.75) is 83.0 Å². The molecule has 3 rings (SSSR count). The second-order valence-corrected chi connectivity index (χ2v) is 6.94. The number of amides is 1. The summed E-state index contributed by atoms with van der Waals surface area (Å²) in [5.74, 6) is 1.04. The molecular formula is C17H30N2O2. The maximum absolute atomic E-state index is 12.9. The summed E-state index contributed by atoms with van der Waals surface area (Å²) in [5, 5.41) is 3.70. The molecule has 21 heavy (non-hydrogen) atoms. The zero-order chi connectivity index (χ0) is 14.7. The Bertz CT molecular complexity index is 349. The van der Waals surface area contributed by atoms with Crippen LogP contribution in [-0.4, -0.2) is 42.3 Å². The van der Waals surface area contributed by atoms with Gasteiger partial charge in [-0.05, 0) is 38.0 Å². The van der Waals surface area contributed by atoms with Crippen LogP contribution in [0.25, 0.3) is 0 Å². The molecule has 0 aromatic rings. The number of unbranched alkanes of at least 4 members (excludes halogenated alkanes) is 1. The molecule has 0 radical (unpaired) electrons. The van der Waals surface area contributed by atoms with Crippen LogP contribution in [-0.2, 0) is 9.53 Å². The third-order valence-electron chi connectivity index (χ3n) is 5.50. The maximum atomic E-state index is 12.9. The van der Waals surface area contributed by atoms with Crippen molar-refractivity contribution in [3.8, 4) is 0 Å². The fourth-order valence-corrected chi connectivity index (χ4v) is 4.30. The van der Waals surface area contributed by atoms with Gasteiger partial charge < -0.3 is 9.64 Å². The SMILES string of the molecule is CCCCC1NC(C2CCCC2)N(C2CCOCC2)C1=O. The number of nitrogens with one attached hydrogen (secondary N) is 1. The molecular weight excluding hydrogens is 264 g/mol. The van der Waals surface area contributed by atoms with Gasteiger partial charge in [0, 0.05) is 19.3 Å². The van der Waals surface area contributed by atoms with Gasteiger partial charge in [-0.1, -0.05) is 32.6 Å². The Hall–Kier alpha value is -0.610. The van der Waals surface area contributed by atoms with Crippen molar-refractivity contribution in [2.24, 2.45) is 5.92 Å². The number of rotatable bonds is 5. The van der Waals surface area contributed by atoms with E-state index in [9.17, 15) is 4.79 Å². The Morgan fingerprint density at radius 1 is 1.19 bits per heavy atom. The van der Waals surface area contributed by atoms with Crippen molar-refractivity contribution in [3.63, 3.8) is 0 Å². The molecule has 3 fully saturated rings. The molecule has 2 atom stereocenters. The third kappa shape index (κ3) is 3.26. The van der Waals surface area contributed by atoms with Gasteiger partial charge in [0.15, 0.2) is 0 Å². The van der Waals surface area contributed by atoms with Gasteiger partial charge in [-0.15, -0.1) is 0 Å². The van der Waals surface area contributed by atoms with Crippen molar-refractivity contribution < 1.29 is 9.53 Å². The lowest BCUT2D eigenvalue weighted by Gasteiger charge is -2.37. The molecule has 3 aliphatic rings. The summed E-state index contributed by atoms with van der Waals surface area (Å²) in [6.45, 7) is 3.82. The van der Waals surface area contributed by atoms with Crippen molar-refractivity contribution >= 4 is 5.91 Å². The summed E-state index contributed by atoms with van der Waals surface area (Å²) in [6, 6.07) is 0.467. The number of ether oxygens (including phenoxy) is 1. The van der Waals surface area contributed by atoms with E-state index in [4.69, 9.17) is 4.74 Å².